The van der Waals surface area contributed by atoms with Crippen LogP contribution in [0.25, 0.3) is 11.3 Å². The maximum atomic E-state index is 11.3. The molecule has 1 aromatic carbocycles. The lowest BCUT2D eigenvalue weighted by molar-refractivity contribution is 0.0691. The highest BCUT2D eigenvalue weighted by atomic mass is 16.5. The number of aromatic carboxylic acids is 1. The maximum Gasteiger partial charge on any atom is 0.358 e. The van der Waals surface area contributed by atoms with Crippen molar-refractivity contribution < 1.29 is 14.6 Å². The Kier molecular flexibility index (Phi) is 4.11. The molecular weight excluding hydrogens is 272 g/mol. The molecule has 0 saturated heterocycles. The van der Waals surface area contributed by atoms with Gasteiger partial charge in [0.05, 0.1) is 12.8 Å². The molecule has 0 fully saturated rings. The molecule has 0 aliphatic heterocycles. The van der Waals surface area contributed by atoms with E-state index in [4.69, 9.17) is 10.5 Å². The summed E-state index contributed by atoms with van der Waals surface area (Å²) in [5.41, 5.74) is 7.34. The van der Waals surface area contributed by atoms with E-state index < -0.39 is 5.97 Å². The summed E-state index contributed by atoms with van der Waals surface area (Å²) in [4.78, 5) is 11.3. The minimum absolute atomic E-state index is 0.0831. The van der Waals surface area contributed by atoms with E-state index in [9.17, 15) is 9.90 Å². The van der Waals surface area contributed by atoms with Crippen molar-refractivity contribution in [2.45, 2.75) is 20.4 Å². The van der Waals surface area contributed by atoms with Gasteiger partial charge in [0.2, 0.25) is 0 Å². The number of hydrogen-bond acceptors (Lipinski definition) is 5. The quantitative estimate of drug-likeness (QED) is 0.815. The summed E-state index contributed by atoms with van der Waals surface area (Å²) in [5, 5.41) is 17.0. The summed E-state index contributed by atoms with van der Waals surface area (Å²) in [6.45, 7) is 4.62. The van der Waals surface area contributed by atoms with Crippen molar-refractivity contribution in [3.05, 3.63) is 23.9 Å². The molecule has 0 spiro atoms. The summed E-state index contributed by atoms with van der Waals surface area (Å²) in [6.07, 6.45) is 0. The third-order valence-corrected chi connectivity index (χ3v) is 2.98. The first-order valence-corrected chi connectivity index (χ1v) is 6.54. The Bertz CT molecular complexity index is 664. The number of aromatic nitrogens is 3. The molecule has 7 nitrogen and oxygen atoms in total. The lowest BCUT2D eigenvalue weighted by Gasteiger charge is -2.11. The molecule has 0 atom stereocenters. The van der Waals surface area contributed by atoms with Gasteiger partial charge in [-0.3, -0.25) is 0 Å². The SMILES string of the molecule is COc1ccc(-c2c(C(=O)O)nnn2CC(C)C)cc1N. The van der Waals surface area contributed by atoms with Crippen LogP contribution in [-0.2, 0) is 6.54 Å². The number of rotatable bonds is 5. The van der Waals surface area contributed by atoms with Gasteiger partial charge in [-0.15, -0.1) is 5.10 Å². The molecule has 0 radical (unpaired) electrons. The van der Waals surface area contributed by atoms with Crippen LogP contribution in [0, 0.1) is 5.92 Å². The van der Waals surface area contributed by atoms with Crippen LogP contribution in [0.3, 0.4) is 0 Å². The number of nitrogens with zero attached hydrogens (tertiary/aromatic N) is 3. The van der Waals surface area contributed by atoms with E-state index in [1.807, 2.05) is 13.8 Å². The summed E-state index contributed by atoms with van der Waals surface area (Å²) in [6, 6.07) is 5.11. The smallest absolute Gasteiger partial charge is 0.358 e. The Hall–Kier alpha value is -2.57. The van der Waals surface area contributed by atoms with Crippen LogP contribution in [0.4, 0.5) is 5.69 Å². The van der Waals surface area contributed by atoms with Gasteiger partial charge in [-0.1, -0.05) is 19.1 Å². The van der Waals surface area contributed by atoms with Gasteiger partial charge >= 0.3 is 5.97 Å². The highest BCUT2D eigenvalue weighted by molar-refractivity contribution is 5.93. The monoisotopic (exact) mass is 290 g/mol. The van der Waals surface area contributed by atoms with E-state index in [1.165, 1.54) is 7.11 Å². The highest BCUT2D eigenvalue weighted by Gasteiger charge is 2.21. The number of carboxylic acid groups (broad SMARTS) is 1. The number of anilines is 1. The molecule has 0 amide bonds. The number of carbonyl (C=O) groups is 1. The third kappa shape index (κ3) is 2.96. The summed E-state index contributed by atoms with van der Waals surface area (Å²) in [5.74, 6) is -0.268. The van der Waals surface area contributed by atoms with Crippen molar-refractivity contribution in [3.8, 4) is 17.0 Å². The Morgan fingerprint density at radius 2 is 2.19 bits per heavy atom. The van der Waals surface area contributed by atoms with Crippen LogP contribution in [-0.4, -0.2) is 33.2 Å². The Morgan fingerprint density at radius 3 is 2.71 bits per heavy atom. The van der Waals surface area contributed by atoms with Gasteiger partial charge in [-0.05, 0) is 24.1 Å². The molecule has 2 aromatic rings. The average molecular weight is 290 g/mol. The highest BCUT2D eigenvalue weighted by Crippen LogP contribution is 2.30. The van der Waals surface area contributed by atoms with E-state index in [2.05, 4.69) is 10.3 Å². The van der Waals surface area contributed by atoms with Crippen LogP contribution < -0.4 is 10.5 Å². The Balaban J connectivity index is 2.57. The second-order valence-electron chi connectivity index (χ2n) is 5.12. The van der Waals surface area contributed by atoms with Crippen LogP contribution in [0.2, 0.25) is 0 Å². The lowest BCUT2D eigenvalue weighted by atomic mass is 10.1. The van der Waals surface area contributed by atoms with Crippen molar-refractivity contribution >= 4 is 11.7 Å². The van der Waals surface area contributed by atoms with Crippen LogP contribution in [0.1, 0.15) is 24.3 Å². The molecule has 0 aliphatic carbocycles. The Labute approximate surface area is 122 Å². The number of methoxy groups -OCH3 is 1. The molecule has 2 rings (SSSR count). The van der Waals surface area contributed by atoms with Crippen LogP contribution in [0.5, 0.6) is 5.75 Å². The number of hydrogen-bond donors (Lipinski definition) is 2. The van der Waals surface area contributed by atoms with Gasteiger partial charge in [0, 0.05) is 12.1 Å². The summed E-state index contributed by atoms with van der Waals surface area (Å²) < 4.78 is 6.70. The maximum absolute atomic E-state index is 11.3. The molecule has 112 valence electrons. The minimum Gasteiger partial charge on any atom is -0.495 e. The van der Waals surface area contributed by atoms with Gasteiger partial charge in [-0.25, -0.2) is 9.48 Å². The summed E-state index contributed by atoms with van der Waals surface area (Å²) in [7, 11) is 1.53. The van der Waals surface area contributed by atoms with Crippen molar-refractivity contribution in [3.63, 3.8) is 0 Å². The predicted molar refractivity (Wildman–Crippen MR) is 78.2 cm³/mol. The minimum atomic E-state index is -1.12. The second-order valence-corrected chi connectivity index (χ2v) is 5.12. The molecule has 0 saturated carbocycles. The standard InChI is InChI=1S/C14H18N4O3/c1-8(2)7-18-13(12(14(19)20)16-17-18)9-4-5-11(21-3)10(15)6-9/h4-6,8H,7,15H2,1-3H3,(H,19,20). The Morgan fingerprint density at radius 1 is 1.48 bits per heavy atom. The molecule has 1 aromatic heterocycles. The zero-order valence-corrected chi connectivity index (χ0v) is 12.2. The van der Waals surface area contributed by atoms with E-state index in [0.29, 0.717) is 35.2 Å². The van der Waals surface area contributed by atoms with E-state index in [0.717, 1.165) is 0 Å². The average Bonchev–Trinajstić information content (AvgIpc) is 2.81. The molecule has 0 aliphatic rings. The second kappa shape index (κ2) is 5.82. The van der Waals surface area contributed by atoms with Crippen LogP contribution in [0.15, 0.2) is 18.2 Å². The largest absolute Gasteiger partial charge is 0.495 e. The third-order valence-electron chi connectivity index (χ3n) is 2.98. The van der Waals surface area contributed by atoms with Crippen molar-refractivity contribution in [1.82, 2.24) is 15.0 Å². The van der Waals surface area contributed by atoms with Crippen molar-refractivity contribution in [2.75, 3.05) is 12.8 Å². The van der Waals surface area contributed by atoms with Gasteiger partial charge in [-0.2, -0.15) is 0 Å². The topological polar surface area (TPSA) is 103 Å². The first-order valence-electron chi connectivity index (χ1n) is 6.54. The van der Waals surface area contributed by atoms with Crippen molar-refractivity contribution in [1.29, 1.82) is 0 Å². The van der Waals surface area contributed by atoms with E-state index >= 15 is 0 Å². The zero-order valence-electron chi connectivity index (χ0n) is 12.2. The van der Waals surface area contributed by atoms with Gasteiger partial charge in [0.1, 0.15) is 11.4 Å². The van der Waals surface area contributed by atoms with E-state index in [1.54, 1.807) is 22.9 Å². The molecule has 21 heavy (non-hydrogen) atoms. The van der Waals surface area contributed by atoms with E-state index in [-0.39, 0.29) is 5.69 Å². The van der Waals surface area contributed by atoms with Crippen LogP contribution >= 0.6 is 0 Å². The van der Waals surface area contributed by atoms with Gasteiger partial charge < -0.3 is 15.6 Å². The zero-order chi connectivity index (χ0) is 15.6. The molecule has 3 N–H and O–H groups in total. The first kappa shape index (κ1) is 14.8. The summed E-state index contributed by atoms with van der Waals surface area (Å²) >= 11 is 0. The molecule has 1 heterocycles. The molecule has 0 bridgehead atoms. The first-order chi connectivity index (χ1) is 9.93. The number of ether oxygens (including phenoxy) is 1. The number of carboxylic acids is 1. The number of nitrogens with two attached hydrogens (primary N) is 1. The molecule has 7 heteroatoms. The van der Waals surface area contributed by atoms with Crippen molar-refractivity contribution in [2.24, 2.45) is 5.92 Å². The molecule has 0 unspecified atom stereocenters. The predicted octanol–water partition coefficient (Wildman–Crippen LogP) is 1.89. The fourth-order valence-corrected chi connectivity index (χ4v) is 2.10. The molecular formula is C14H18N4O3. The lowest BCUT2D eigenvalue weighted by Crippen LogP contribution is -2.09. The number of nitrogen functional groups attached to an aromatic ring is 1. The van der Waals surface area contributed by atoms with Gasteiger partial charge in [0.15, 0.2) is 5.69 Å². The normalized spacial score (nSPS) is 10.9. The number of benzene rings is 1. The van der Waals surface area contributed by atoms with Gasteiger partial charge in [0.25, 0.3) is 0 Å². The fourth-order valence-electron chi connectivity index (χ4n) is 2.10. The fraction of sp³-hybridized carbons (Fsp3) is 0.357.